The van der Waals surface area contributed by atoms with Crippen molar-refractivity contribution in [2.45, 2.75) is 19.8 Å². The van der Waals surface area contributed by atoms with Crippen molar-refractivity contribution < 1.29 is 9.94 Å². The van der Waals surface area contributed by atoms with Gasteiger partial charge in [-0.1, -0.05) is 25.5 Å². The number of ether oxygens (including phenoxy) is 1. The lowest BCUT2D eigenvalue weighted by Crippen LogP contribution is -2.36. The largest absolute Gasteiger partial charge is 0.378 e. The Kier molecular flexibility index (Phi) is 6.96. The van der Waals surface area contributed by atoms with Crippen LogP contribution < -0.4 is 15.3 Å². The number of aromatic nitrogens is 2. The van der Waals surface area contributed by atoms with E-state index in [1.165, 1.54) is 10.8 Å². The van der Waals surface area contributed by atoms with Crippen LogP contribution in [-0.2, 0) is 4.74 Å². The average Bonchev–Trinajstić information content (AvgIpc) is 2.84. The zero-order valence-corrected chi connectivity index (χ0v) is 17.9. The topological polar surface area (TPSA) is 73.8 Å². The zero-order valence-electron chi connectivity index (χ0n) is 17.9. The van der Waals surface area contributed by atoms with Crippen LogP contribution in [-0.4, -0.2) is 48.0 Å². The van der Waals surface area contributed by atoms with E-state index in [1.54, 1.807) is 6.20 Å². The van der Waals surface area contributed by atoms with E-state index in [0.717, 1.165) is 61.8 Å². The maximum absolute atomic E-state index is 10.1. The van der Waals surface area contributed by atoms with Crippen LogP contribution in [0.1, 0.15) is 19.8 Å². The Morgan fingerprint density at radius 1 is 1.03 bits per heavy atom. The second-order valence-corrected chi connectivity index (χ2v) is 7.56. The molecule has 0 radical (unpaired) electrons. The van der Waals surface area contributed by atoms with E-state index in [4.69, 9.17) is 4.74 Å². The highest BCUT2D eigenvalue weighted by molar-refractivity contribution is 5.65. The average molecular weight is 420 g/mol. The van der Waals surface area contributed by atoms with Crippen LogP contribution >= 0.6 is 0 Å². The lowest BCUT2D eigenvalue weighted by atomic mass is 10.1. The lowest BCUT2D eigenvalue weighted by Gasteiger charge is -2.28. The molecule has 1 aromatic heterocycles. The fraction of sp³-hybridized carbons (Fsp3) is 0.333. The Balaban J connectivity index is 1.42. The Morgan fingerprint density at radius 3 is 2.48 bits per heavy atom. The SMILES string of the molecule is CCCCN(O)c1ccc(-c2ccnc(Nc3ccc(N4CCOCC4)cc3)n2)cc1. The summed E-state index contributed by atoms with van der Waals surface area (Å²) in [5.41, 5.74) is 4.72. The van der Waals surface area contributed by atoms with E-state index in [-0.39, 0.29) is 0 Å². The molecule has 0 spiro atoms. The first-order chi connectivity index (χ1) is 15.2. The van der Waals surface area contributed by atoms with Gasteiger partial charge in [0.2, 0.25) is 5.95 Å². The zero-order chi connectivity index (χ0) is 21.5. The van der Waals surface area contributed by atoms with E-state index in [9.17, 15) is 5.21 Å². The molecular formula is C24H29N5O2. The van der Waals surface area contributed by atoms with E-state index >= 15 is 0 Å². The van der Waals surface area contributed by atoms with Crippen LogP contribution in [0, 0.1) is 0 Å². The first-order valence-corrected chi connectivity index (χ1v) is 10.8. The third kappa shape index (κ3) is 5.51. The van der Waals surface area contributed by atoms with Crippen LogP contribution in [0.4, 0.5) is 23.0 Å². The molecule has 0 bridgehead atoms. The number of morpholine rings is 1. The molecule has 1 saturated heterocycles. The molecule has 2 N–H and O–H groups in total. The minimum absolute atomic E-state index is 0.549. The number of nitrogens with zero attached hydrogens (tertiary/aromatic N) is 4. The molecule has 0 atom stereocenters. The van der Waals surface area contributed by atoms with Crippen LogP contribution in [0.3, 0.4) is 0 Å². The maximum Gasteiger partial charge on any atom is 0.227 e. The molecule has 0 aliphatic carbocycles. The summed E-state index contributed by atoms with van der Waals surface area (Å²) < 4.78 is 5.42. The molecule has 2 heterocycles. The van der Waals surface area contributed by atoms with Crippen molar-refractivity contribution in [1.29, 1.82) is 0 Å². The summed E-state index contributed by atoms with van der Waals surface area (Å²) in [4.78, 5) is 11.3. The molecular weight excluding hydrogens is 390 g/mol. The van der Waals surface area contributed by atoms with Crippen molar-refractivity contribution in [3.05, 3.63) is 60.8 Å². The van der Waals surface area contributed by atoms with E-state index in [1.807, 2.05) is 42.5 Å². The summed E-state index contributed by atoms with van der Waals surface area (Å²) in [7, 11) is 0. The van der Waals surface area contributed by atoms with Crippen LogP contribution in [0.15, 0.2) is 60.8 Å². The standard InChI is InChI=1S/C24H29N5O2/c1-2-3-14-29(30)22-8-4-19(5-9-22)23-12-13-25-24(27-23)26-20-6-10-21(11-7-20)28-15-17-31-18-16-28/h4-13,30H,2-3,14-18H2,1H3,(H,25,26,27). The number of benzene rings is 2. The van der Waals surface area contributed by atoms with E-state index < -0.39 is 0 Å². The van der Waals surface area contributed by atoms with Gasteiger partial charge in [0, 0.05) is 42.8 Å². The van der Waals surface area contributed by atoms with Crippen molar-refractivity contribution in [3.63, 3.8) is 0 Å². The van der Waals surface area contributed by atoms with Gasteiger partial charge in [0.05, 0.1) is 24.6 Å². The molecule has 7 heteroatoms. The first kappa shape index (κ1) is 21.1. The van der Waals surface area contributed by atoms with Crippen molar-refractivity contribution in [2.75, 3.05) is 48.1 Å². The van der Waals surface area contributed by atoms with Gasteiger partial charge in [-0.3, -0.25) is 10.3 Å². The third-order valence-electron chi connectivity index (χ3n) is 5.34. The molecule has 162 valence electrons. The quantitative estimate of drug-likeness (QED) is 0.512. The van der Waals surface area contributed by atoms with Crippen molar-refractivity contribution in [2.24, 2.45) is 0 Å². The van der Waals surface area contributed by atoms with Gasteiger partial charge in [-0.05, 0) is 48.9 Å². The molecule has 0 unspecified atom stereocenters. The number of hydrogen-bond acceptors (Lipinski definition) is 7. The molecule has 1 aliphatic heterocycles. The number of rotatable bonds is 8. The Morgan fingerprint density at radius 2 is 1.77 bits per heavy atom. The lowest BCUT2D eigenvalue weighted by molar-refractivity contribution is 0.122. The molecule has 1 aliphatic rings. The molecule has 0 saturated carbocycles. The van der Waals surface area contributed by atoms with E-state index in [0.29, 0.717) is 12.5 Å². The molecule has 2 aromatic carbocycles. The molecule has 4 rings (SSSR count). The van der Waals surface area contributed by atoms with Crippen LogP contribution in [0.2, 0.25) is 0 Å². The molecule has 1 fully saturated rings. The van der Waals surface area contributed by atoms with Gasteiger partial charge in [-0.15, -0.1) is 0 Å². The maximum atomic E-state index is 10.1. The summed E-state index contributed by atoms with van der Waals surface area (Å²) in [5, 5.41) is 14.7. The van der Waals surface area contributed by atoms with Crippen molar-refractivity contribution >= 4 is 23.0 Å². The summed E-state index contributed by atoms with van der Waals surface area (Å²) in [5.74, 6) is 0.549. The highest BCUT2D eigenvalue weighted by atomic mass is 16.5. The second kappa shape index (κ2) is 10.2. The van der Waals surface area contributed by atoms with Crippen LogP contribution in [0.5, 0.6) is 0 Å². The third-order valence-corrected chi connectivity index (χ3v) is 5.34. The molecule has 3 aromatic rings. The summed E-state index contributed by atoms with van der Waals surface area (Å²) in [6, 6.07) is 17.9. The van der Waals surface area contributed by atoms with Gasteiger partial charge in [0.25, 0.3) is 0 Å². The van der Waals surface area contributed by atoms with Gasteiger partial charge in [-0.2, -0.15) is 0 Å². The van der Waals surface area contributed by atoms with Gasteiger partial charge in [-0.25, -0.2) is 9.97 Å². The number of hydrogen-bond donors (Lipinski definition) is 2. The Bertz CT molecular complexity index is 956. The number of anilines is 4. The van der Waals surface area contributed by atoms with Gasteiger partial charge < -0.3 is 15.0 Å². The van der Waals surface area contributed by atoms with E-state index in [2.05, 4.69) is 39.2 Å². The normalized spacial score (nSPS) is 13.8. The number of hydroxylamine groups is 1. The fourth-order valence-electron chi connectivity index (χ4n) is 3.53. The number of nitrogens with one attached hydrogen (secondary N) is 1. The van der Waals surface area contributed by atoms with Crippen molar-refractivity contribution in [3.8, 4) is 11.3 Å². The van der Waals surface area contributed by atoms with Crippen molar-refractivity contribution in [1.82, 2.24) is 9.97 Å². The van der Waals surface area contributed by atoms with Crippen LogP contribution in [0.25, 0.3) is 11.3 Å². The predicted molar refractivity (Wildman–Crippen MR) is 124 cm³/mol. The highest BCUT2D eigenvalue weighted by Gasteiger charge is 2.11. The molecule has 0 amide bonds. The second-order valence-electron chi connectivity index (χ2n) is 7.56. The van der Waals surface area contributed by atoms with Gasteiger partial charge in [0.15, 0.2) is 0 Å². The molecule has 7 nitrogen and oxygen atoms in total. The highest BCUT2D eigenvalue weighted by Crippen LogP contribution is 2.24. The summed E-state index contributed by atoms with van der Waals surface area (Å²) >= 11 is 0. The predicted octanol–water partition coefficient (Wildman–Crippen LogP) is 4.72. The summed E-state index contributed by atoms with van der Waals surface area (Å²) in [6.07, 6.45) is 3.74. The number of unbranched alkanes of at least 4 members (excludes halogenated alkanes) is 1. The first-order valence-electron chi connectivity index (χ1n) is 10.8. The van der Waals surface area contributed by atoms with Gasteiger partial charge in [0.1, 0.15) is 0 Å². The minimum Gasteiger partial charge on any atom is -0.378 e. The smallest absolute Gasteiger partial charge is 0.227 e. The monoisotopic (exact) mass is 419 g/mol. The summed E-state index contributed by atoms with van der Waals surface area (Å²) in [6.45, 7) is 6.12. The van der Waals surface area contributed by atoms with Gasteiger partial charge >= 0.3 is 0 Å². The Hall–Kier alpha value is -3.16. The molecule has 31 heavy (non-hydrogen) atoms. The minimum atomic E-state index is 0.549. The Labute approximate surface area is 183 Å². The fourth-order valence-corrected chi connectivity index (χ4v) is 3.53.